The van der Waals surface area contributed by atoms with Crippen LogP contribution in [0.4, 0.5) is 11.4 Å². The Balaban J connectivity index is 0.00000361. The highest BCUT2D eigenvalue weighted by atomic mass is 35.5. The van der Waals surface area contributed by atoms with Crippen LogP contribution in [0.5, 0.6) is 0 Å². The number of hydrogen-bond acceptors (Lipinski definition) is 3. The summed E-state index contributed by atoms with van der Waals surface area (Å²) in [4.78, 5) is 22.8. The molecule has 112 valence electrons. The monoisotopic (exact) mass is 299 g/mol. The van der Waals surface area contributed by atoms with Gasteiger partial charge >= 0.3 is 0 Å². The van der Waals surface area contributed by atoms with Gasteiger partial charge < -0.3 is 16.0 Å². The van der Waals surface area contributed by atoms with E-state index in [-0.39, 0.29) is 24.2 Å². The van der Waals surface area contributed by atoms with Crippen molar-refractivity contribution in [3.8, 4) is 0 Å². The molecule has 0 aromatic heterocycles. The van der Waals surface area contributed by atoms with E-state index < -0.39 is 0 Å². The van der Waals surface area contributed by atoms with E-state index in [1.807, 2.05) is 7.05 Å². The zero-order valence-electron chi connectivity index (χ0n) is 11.9. The van der Waals surface area contributed by atoms with Gasteiger partial charge in [-0.25, -0.2) is 0 Å². The van der Waals surface area contributed by atoms with E-state index in [0.717, 1.165) is 24.3 Å². The number of amides is 2. The zero-order chi connectivity index (χ0) is 14.1. The molecule has 0 aliphatic carbocycles. The first-order chi connectivity index (χ1) is 9.15. The highest BCUT2D eigenvalue weighted by molar-refractivity contribution is 5.92. The van der Waals surface area contributed by atoms with E-state index in [1.54, 1.807) is 31.2 Å². The SMILES string of the molecule is CCC(=O)Nc1ccc(NC(=O)CCCNC)cc1.Cl. The van der Waals surface area contributed by atoms with Crippen molar-refractivity contribution in [2.45, 2.75) is 26.2 Å². The Kier molecular flexibility index (Phi) is 9.41. The summed E-state index contributed by atoms with van der Waals surface area (Å²) in [6.07, 6.45) is 1.76. The van der Waals surface area contributed by atoms with E-state index in [1.165, 1.54) is 0 Å². The van der Waals surface area contributed by atoms with Crippen LogP contribution in [0.1, 0.15) is 26.2 Å². The van der Waals surface area contributed by atoms with Crippen LogP contribution >= 0.6 is 12.4 Å². The van der Waals surface area contributed by atoms with Crippen molar-refractivity contribution in [3.63, 3.8) is 0 Å². The lowest BCUT2D eigenvalue weighted by Crippen LogP contribution is -2.15. The van der Waals surface area contributed by atoms with Crippen LogP contribution in [-0.2, 0) is 9.59 Å². The summed E-state index contributed by atoms with van der Waals surface area (Å²) in [6, 6.07) is 7.11. The second-order valence-corrected chi connectivity index (χ2v) is 4.23. The van der Waals surface area contributed by atoms with Gasteiger partial charge in [0.05, 0.1) is 0 Å². The van der Waals surface area contributed by atoms with Gasteiger partial charge in [-0.05, 0) is 44.3 Å². The Labute approximate surface area is 125 Å². The molecule has 0 bridgehead atoms. The van der Waals surface area contributed by atoms with Crippen molar-refractivity contribution in [2.24, 2.45) is 0 Å². The molecule has 2 amide bonds. The van der Waals surface area contributed by atoms with E-state index in [9.17, 15) is 9.59 Å². The summed E-state index contributed by atoms with van der Waals surface area (Å²) in [5.74, 6) is -0.0237. The number of halogens is 1. The van der Waals surface area contributed by atoms with Crippen molar-refractivity contribution in [1.82, 2.24) is 5.32 Å². The Morgan fingerprint density at radius 1 is 1.00 bits per heavy atom. The summed E-state index contributed by atoms with van der Waals surface area (Å²) in [7, 11) is 1.86. The maximum Gasteiger partial charge on any atom is 0.224 e. The first-order valence-corrected chi connectivity index (χ1v) is 6.50. The molecule has 0 heterocycles. The Bertz CT molecular complexity index is 421. The van der Waals surface area contributed by atoms with Crippen LogP contribution in [0.15, 0.2) is 24.3 Å². The minimum Gasteiger partial charge on any atom is -0.326 e. The molecule has 6 heteroatoms. The van der Waals surface area contributed by atoms with Gasteiger partial charge in [0.2, 0.25) is 11.8 Å². The van der Waals surface area contributed by atoms with Crippen LogP contribution in [0.3, 0.4) is 0 Å². The second kappa shape index (κ2) is 10.2. The molecule has 0 unspecified atom stereocenters. The summed E-state index contributed by atoms with van der Waals surface area (Å²) in [6.45, 7) is 2.63. The van der Waals surface area contributed by atoms with E-state index >= 15 is 0 Å². The molecule has 1 aromatic carbocycles. The van der Waals surface area contributed by atoms with Crippen LogP contribution < -0.4 is 16.0 Å². The highest BCUT2D eigenvalue weighted by Crippen LogP contribution is 2.14. The first kappa shape index (κ1) is 18.4. The number of anilines is 2. The predicted molar refractivity (Wildman–Crippen MR) is 84.4 cm³/mol. The number of rotatable bonds is 7. The molecule has 1 rings (SSSR count). The molecule has 0 aliphatic rings. The minimum absolute atomic E-state index is 0. The average molecular weight is 300 g/mol. The van der Waals surface area contributed by atoms with Gasteiger partial charge in [-0.2, -0.15) is 0 Å². The number of hydrogen-bond donors (Lipinski definition) is 3. The minimum atomic E-state index is -0.0242. The maximum absolute atomic E-state index is 11.6. The lowest BCUT2D eigenvalue weighted by atomic mass is 10.2. The molecule has 0 radical (unpaired) electrons. The molecule has 0 aliphatic heterocycles. The van der Waals surface area contributed by atoms with Gasteiger partial charge in [-0.3, -0.25) is 9.59 Å². The van der Waals surface area contributed by atoms with Gasteiger partial charge in [-0.15, -0.1) is 12.4 Å². The van der Waals surface area contributed by atoms with E-state index in [4.69, 9.17) is 0 Å². The third-order valence-corrected chi connectivity index (χ3v) is 2.60. The molecule has 1 aromatic rings. The van der Waals surface area contributed by atoms with Crippen molar-refractivity contribution >= 4 is 35.6 Å². The van der Waals surface area contributed by atoms with Gasteiger partial charge in [0.25, 0.3) is 0 Å². The van der Waals surface area contributed by atoms with Crippen molar-refractivity contribution in [2.75, 3.05) is 24.2 Å². The maximum atomic E-state index is 11.6. The molecular weight excluding hydrogens is 278 g/mol. The number of nitrogens with one attached hydrogen (secondary N) is 3. The number of benzene rings is 1. The number of carbonyl (C=O) groups excluding carboxylic acids is 2. The third-order valence-electron chi connectivity index (χ3n) is 2.60. The second-order valence-electron chi connectivity index (χ2n) is 4.23. The van der Waals surface area contributed by atoms with Gasteiger partial charge in [0, 0.05) is 24.2 Å². The zero-order valence-corrected chi connectivity index (χ0v) is 12.7. The fraction of sp³-hybridized carbons (Fsp3) is 0.429. The lowest BCUT2D eigenvalue weighted by molar-refractivity contribution is -0.116. The molecular formula is C14H22ClN3O2. The summed E-state index contributed by atoms with van der Waals surface area (Å²) in [5, 5.41) is 8.57. The molecule has 20 heavy (non-hydrogen) atoms. The fourth-order valence-electron chi connectivity index (χ4n) is 1.54. The average Bonchev–Trinajstić information content (AvgIpc) is 2.41. The topological polar surface area (TPSA) is 70.2 Å². The summed E-state index contributed by atoms with van der Waals surface area (Å²) in [5.41, 5.74) is 1.48. The molecule has 0 spiro atoms. The Morgan fingerprint density at radius 3 is 1.95 bits per heavy atom. The normalized spacial score (nSPS) is 9.50. The van der Waals surface area contributed by atoms with Crippen molar-refractivity contribution < 1.29 is 9.59 Å². The predicted octanol–water partition coefficient (Wildman–Crippen LogP) is 2.40. The molecule has 0 fully saturated rings. The molecule has 0 atom stereocenters. The van der Waals surface area contributed by atoms with Crippen LogP contribution in [-0.4, -0.2) is 25.4 Å². The van der Waals surface area contributed by atoms with Crippen LogP contribution in [0, 0.1) is 0 Å². The molecule has 3 N–H and O–H groups in total. The first-order valence-electron chi connectivity index (χ1n) is 6.50. The van der Waals surface area contributed by atoms with Crippen LogP contribution in [0.2, 0.25) is 0 Å². The van der Waals surface area contributed by atoms with Gasteiger partial charge in [0.1, 0.15) is 0 Å². The van der Waals surface area contributed by atoms with Crippen molar-refractivity contribution in [3.05, 3.63) is 24.3 Å². The summed E-state index contributed by atoms with van der Waals surface area (Å²) >= 11 is 0. The smallest absolute Gasteiger partial charge is 0.224 e. The molecule has 0 saturated carbocycles. The quantitative estimate of drug-likeness (QED) is 0.677. The number of carbonyl (C=O) groups is 2. The lowest BCUT2D eigenvalue weighted by Gasteiger charge is -2.07. The van der Waals surface area contributed by atoms with Gasteiger partial charge in [0.15, 0.2) is 0 Å². The highest BCUT2D eigenvalue weighted by Gasteiger charge is 2.03. The fourth-order valence-corrected chi connectivity index (χ4v) is 1.54. The van der Waals surface area contributed by atoms with Crippen molar-refractivity contribution in [1.29, 1.82) is 0 Å². The van der Waals surface area contributed by atoms with E-state index in [2.05, 4.69) is 16.0 Å². The third kappa shape index (κ3) is 7.11. The summed E-state index contributed by atoms with van der Waals surface area (Å²) < 4.78 is 0. The molecule has 0 saturated heterocycles. The Morgan fingerprint density at radius 2 is 1.50 bits per heavy atom. The van der Waals surface area contributed by atoms with Gasteiger partial charge in [-0.1, -0.05) is 6.92 Å². The van der Waals surface area contributed by atoms with E-state index in [0.29, 0.717) is 12.8 Å². The largest absolute Gasteiger partial charge is 0.326 e. The standard InChI is InChI=1S/C14H21N3O2.ClH/c1-3-13(18)16-11-6-8-12(9-7-11)17-14(19)5-4-10-15-2;/h6-9,15H,3-5,10H2,1-2H3,(H,16,18)(H,17,19);1H. The molecule has 5 nitrogen and oxygen atoms in total. The van der Waals surface area contributed by atoms with Crippen LogP contribution in [0.25, 0.3) is 0 Å². The Hall–Kier alpha value is -1.59.